The van der Waals surface area contributed by atoms with Gasteiger partial charge in [-0.2, -0.15) is 0 Å². The van der Waals surface area contributed by atoms with Gasteiger partial charge in [0.25, 0.3) is 0 Å². The van der Waals surface area contributed by atoms with Gasteiger partial charge in [0.05, 0.1) is 12.2 Å². The monoisotopic (exact) mass is 390 g/mol. The van der Waals surface area contributed by atoms with Crippen LogP contribution in [0.5, 0.6) is 0 Å². The number of carboxylic acid groups (broad SMARTS) is 1. The molecule has 28 heavy (non-hydrogen) atoms. The van der Waals surface area contributed by atoms with Crippen LogP contribution in [0.3, 0.4) is 0 Å². The minimum atomic E-state index is -0.689. The third kappa shape index (κ3) is 2.98. The van der Waals surface area contributed by atoms with Crippen molar-refractivity contribution in [2.24, 2.45) is 46.3 Å². The smallest absolute Gasteiger partial charge is 0.303 e. The summed E-state index contributed by atoms with van der Waals surface area (Å²) in [5, 5.41) is 30.3. The molecule has 3 fully saturated rings. The third-order valence-electron chi connectivity index (χ3n) is 9.74. The fourth-order valence-corrected chi connectivity index (χ4v) is 8.16. The van der Waals surface area contributed by atoms with Gasteiger partial charge in [-0.3, -0.25) is 4.79 Å². The van der Waals surface area contributed by atoms with Gasteiger partial charge in [-0.15, -0.1) is 0 Å². The zero-order valence-corrected chi connectivity index (χ0v) is 17.7. The van der Waals surface area contributed by atoms with Gasteiger partial charge < -0.3 is 15.3 Å². The highest BCUT2D eigenvalue weighted by molar-refractivity contribution is 5.66. The van der Waals surface area contributed by atoms with Gasteiger partial charge in [-0.05, 0) is 85.9 Å². The normalized spacial score (nSPS) is 51.1. The summed E-state index contributed by atoms with van der Waals surface area (Å²) in [6.07, 6.45) is 11.2. The molecule has 0 amide bonds. The Kier molecular flexibility index (Phi) is 5.19. The molecule has 0 unspecified atom stereocenters. The van der Waals surface area contributed by atoms with E-state index in [4.69, 9.17) is 5.11 Å². The zero-order chi connectivity index (χ0) is 20.3. The highest BCUT2D eigenvalue weighted by atomic mass is 16.4. The maximum Gasteiger partial charge on any atom is 0.303 e. The van der Waals surface area contributed by atoms with Crippen LogP contribution >= 0.6 is 0 Å². The molecule has 0 spiro atoms. The first-order valence-corrected chi connectivity index (χ1v) is 11.4. The molecule has 4 rings (SSSR count). The number of hydrogen-bond donors (Lipinski definition) is 3. The average Bonchev–Trinajstić information content (AvgIpc) is 2.98. The van der Waals surface area contributed by atoms with Gasteiger partial charge in [0.2, 0.25) is 0 Å². The molecule has 4 aliphatic carbocycles. The largest absolute Gasteiger partial charge is 0.481 e. The lowest BCUT2D eigenvalue weighted by atomic mass is 9.45. The van der Waals surface area contributed by atoms with Crippen LogP contribution in [-0.4, -0.2) is 33.5 Å². The Morgan fingerprint density at radius 2 is 1.89 bits per heavy atom. The zero-order valence-electron chi connectivity index (χ0n) is 17.7. The number of allylic oxidation sites excluding steroid dienone is 2. The van der Waals surface area contributed by atoms with E-state index >= 15 is 0 Å². The van der Waals surface area contributed by atoms with E-state index < -0.39 is 12.1 Å². The summed E-state index contributed by atoms with van der Waals surface area (Å²) in [7, 11) is 0. The highest BCUT2D eigenvalue weighted by Gasteiger charge is 2.60. The lowest BCUT2D eigenvalue weighted by Crippen LogP contribution is -2.58. The van der Waals surface area contributed by atoms with Gasteiger partial charge in [0.1, 0.15) is 0 Å². The van der Waals surface area contributed by atoms with Gasteiger partial charge >= 0.3 is 5.97 Å². The molecule has 0 aromatic rings. The number of fused-ring (bicyclic) bond motifs is 5. The van der Waals surface area contributed by atoms with E-state index in [1.807, 2.05) is 0 Å². The van der Waals surface area contributed by atoms with E-state index in [0.29, 0.717) is 41.9 Å². The van der Waals surface area contributed by atoms with Crippen molar-refractivity contribution in [1.29, 1.82) is 0 Å². The van der Waals surface area contributed by atoms with Crippen LogP contribution in [0.4, 0.5) is 0 Å². The number of rotatable bonds is 4. The molecule has 0 heterocycles. The van der Waals surface area contributed by atoms with E-state index in [1.54, 1.807) is 0 Å². The van der Waals surface area contributed by atoms with Crippen molar-refractivity contribution < 1.29 is 20.1 Å². The van der Waals surface area contributed by atoms with Gasteiger partial charge in [-0.1, -0.05) is 32.9 Å². The first kappa shape index (κ1) is 20.4. The SMILES string of the molecule is C[C@H](CCC(=O)O)[C@H]1CC[C@H]2[C@@H]3CC[C@@H]4C[C@H](O)C[C@@H](O)[C@]4(C)[C@H]3C=C[C@]12C. The molecule has 4 aliphatic rings. The van der Waals surface area contributed by atoms with E-state index in [-0.39, 0.29) is 23.4 Å². The number of hydrogen-bond acceptors (Lipinski definition) is 3. The topological polar surface area (TPSA) is 77.8 Å². The summed E-state index contributed by atoms with van der Waals surface area (Å²) in [5.41, 5.74) is 0.0361. The molecule has 0 saturated heterocycles. The van der Waals surface area contributed by atoms with Crippen molar-refractivity contribution in [2.75, 3.05) is 0 Å². The number of aliphatic carboxylic acids is 1. The highest BCUT2D eigenvalue weighted by Crippen LogP contribution is 2.66. The third-order valence-corrected chi connectivity index (χ3v) is 9.74. The molecule has 0 aliphatic heterocycles. The Hall–Kier alpha value is -0.870. The molecule has 0 aromatic carbocycles. The summed E-state index contributed by atoms with van der Waals surface area (Å²) in [4.78, 5) is 11.0. The fraction of sp³-hybridized carbons (Fsp3) is 0.875. The number of carboxylic acids is 1. The summed E-state index contributed by atoms with van der Waals surface area (Å²) in [6.45, 7) is 6.93. The summed E-state index contributed by atoms with van der Waals surface area (Å²) in [6, 6.07) is 0. The standard InChI is InChI=1S/C24H38O4/c1-14(4-9-22(27)28)18-7-8-19-17-6-5-15-12-16(25)13-21(26)24(15,3)20(17)10-11-23(18,19)2/h10-11,14-21,25-26H,4-9,12-13H2,1-3H3,(H,27,28)/t14-,15-,16+,17+,18-,19+,20+,21-,23-,24+/m1/s1. The van der Waals surface area contributed by atoms with Crippen molar-refractivity contribution >= 4 is 5.97 Å². The second-order valence-corrected chi connectivity index (χ2v) is 10.9. The van der Waals surface area contributed by atoms with E-state index in [9.17, 15) is 15.0 Å². The van der Waals surface area contributed by atoms with Crippen molar-refractivity contribution in [3.63, 3.8) is 0 Å². The Bertz CT molecular complexity index is 645. The fourth-order valence-electron chi connectivity index (χ4n) is 8.16. The Balaban J connectivity index is 1.59. The van der Waals surface area contributed by atoms with E-state index in [0.717, 1.165) is 19.3 Å². The molecule has 4 heteroatoms. The van der Waals surface area contributed by atoms with Crippen LogP contribution in [0.25, 0.3) is 0 Å². The lowest BCUT2D eigenvalue weighted by Gasteiger charge is -2.60. The molecule has 158 valence electrons. The molecule has 4 nitrogen and oxygen atoms in total. The van der Waals surface area contributed by atoms with E-state index in [2.05, 4.69) is 32.9 Å². The van der Waals surface area contributed by atoms with Crippen LogP contribution in [0.2, 0.25) is 0 Å². The molecule has 0 aromatic heterocycles. The first-order valence-electron chi connectivity index (χ1n) is 11.4. The quantitative estimate of drug-likeness (QED) is 0.627. The minimum Gasteiger partial charge on any atom is -0.481 e. The molecular formula is C24H38O4. The van der Waals surface area contributed by atoms with Crippen LogP contribution < -0.4 is 0 Å². The molecule has 3 N–H and O–H groups in total. The first-order chi connectivity index (χ1) is 13.2. The lowest BCUT2D eigenvalue weighted by molar-refractivity contribution is -0.152. The summed E-state index contributed by atoms with van der Waals surface area (Å²) in [5.74, 6) is 2.35. The van der Waals surface area contributed by atoms with Crippen molar-refractivity contribution in [2.45, 2.75) is 84.3 Å². The molecule has 0 radical (unpaired) electrons. The van der Waals surface area contributed by atoms with Crippen LogP contribution in [0, 0.1) is 46.3 Å². The van der Waals surface area contributed by atoms with Crippen LogP contribution in [0.15, 0.2) is 12.2 Å². The van der Waals surface area contributed by atoms with Crippen LogP contribution in [-0.2, 0) is 4.79 Å². The van der Waals surface area contributed by atoms with Gasteiger partial charge in [0, 0.05) is 11.8 Å². The minimum absolute atomic E-state index is 0.118. The second kappa shape index (κ2) is 7.12. The van der Waals surface area contributed by atoms with Gasteiger partial charge in [0.15, 0.2) is 0 Å². The van der Waals surface area contributed by atoms with Crippen molar-refractivity contribution in [3.05, 3.63) is 12.2 Å². The molecular weight excluding hydrogens is 352 g/mol. The predicted octanol–water partition coefficient (Wildman–Crippen LogP) is 4.25. The number of carbonyl (C=O) groups is 1. The van der Waals surface area contributed by atoms with Gasteiger partial charge in [-0.25, -0.2) is 0 Å². The maximum atomic E-state index is 11.0. The number of aliphatic hydroxyl groups is 2. The Labute approximate surface area is 169 Å². The predicted molar refractivity (Wildman–Crippen MR) is 109 cm³/mol. The number of aliphatic hydroxyl groups excluding tert-OH is 2. The maximum absolute atomic E-state index is 11.0. The van der Waals surface area contributed by atoms with Crippen LogP contribution in [0.1, 0.15) is 72.1 Å². The molecule has 3 saturated carbocycles. The molecule has 10 atom stereocenters. The average molecular weight is 391 g/mol. The Morgan fingerprint density at radius 1 is 1.14 bits per heavy atom. The van der Waals surface area contributed by atoms with Crippen molar-refractivity contribution in [1.82, 2.24) is 0 Å². The Morgan fingerprint density at radius 3 is 2.61 bits per heavy atom. The molecule has 0 bridgehead atoms. The summed E-state index contributed by atoms with van der Waals surface area (Å²) < 4.78 is 0. The summed E-state index contributed by atoms with van der Waals surface area (Å²) >= 11 is 0. The van der Waals surface area contributed by atoms with Crippen molar-refractivity contribution in [3.8, 4) is 0 Å². The second-order valence-electron chi connectivity index (χ2n) is 10.9. The van der Waals surface area contributed by atoms with E-state index in [1.165, 1.54) is 19.3 Å².